The summed E-state index contributed by atoms with van der Waals surface area (Å²) in [7, 11) is 0. The highest BCUT2D eigenvalue weighted by atomic mass is 35.5. The van der Waals surface area contributed by atoms with Gasteiger partial charge in [-0.2, -0.15) is 0 Å². The summed E-state index contributed by atoms with van der Waals surface area (Å²) in [5.74, 6) is 0. The molecule has 0 saturated carbocycles. The molecule has 0 aliphatic rings. The maximum atomic E-state index is 9.80. The monoisotopic (exact) mass is 240 g/mol. The van der Waals surface area contributed by atoms with Crippen molar-refractivity contribution in [1.82, 2.24) is 0 Å². The summed E-state index contributed by atoms with van der Waals surface area (Å²) in [5, 5.41) is 13.7. The average Bonchev–Trinajstić information content (AvgIpc) is 2.47. The molecule has 0 saturated heterocycles. The van der Waals surface area contributed by atoms with Crippen LogP contribution in [0.1, 0.15) is 19.4 Å². The minimum absolute atomic E-state index is 0.636. The molecule has 3 heteroatoms. The highest BCUT2D eigenvalue weighted by Gasteiger charge is 2.17. The van der Waals surface area contributed by atoms with Gasteiger partial charge in [0.15, 0.2) is 0 Å². The maximum Gasteiger partial charge on any atom is 0.0632 e. The predicted molar refractivity (Wildman–Crippen MR) is 66.8 cm³/mol. The molecule has 15 heavy (non-hydrogen) atoms. The van der Waals surface area contributed by atoms with Crippen molar-refractivity contribution in [2.75, 3.05) is 0 Å². The Hall–Kier alpha value is -0.570. The first-order chi connectivity index (χ1) is 6.97. The summed E-state index contributed by atoms with van der Waals surface area (Å²) >= 11 is 7.83. The van der Waals surface area contributed by atoms with Gasteiger partial charge >= 0.3 is 0 Å². The molecule has 0 spiro atoms. The lowest BCUT2D eigenvalue weighted by Gasteiger charge is -2.16. The molecule has 0 fully saturated rings. The van der Waals surface area contributed by atoms with Crippen LogP contribution >= 0.6 is 22.9 Å². The molecule has 1 aromatic heterocycles. The van der Waals surface area contributed by atoms with E-state index in [-0.39, 0.29) is 0 Å². The lowest BCUT2D eigenvalue weighted by molar-refractivity contribution is 0.0814. The molecule has 0 aliphatic carbocycles. The summed E-state index contributed by atoms with van der Waals surface area (Å²) < 4.78 is 1.18. The third-order valence-corrected chi connectivity index (χ3v) is 3.56. The molecule has 0 amide bonds. The normalized spacial score (nSPS) is 12.3. The number of halogens is 1. The SMILES string of the molecule is CC(C)(O)Cc1csc2cccc(Cl)c12. The van der Waals surface area contributed by atoms with Crippen LogP contribution in [0.4, 0.5) is 0 Å². The zero-order valence-electron chi connectivity index (χ0n) is 8.75. The molecule has 1 heterocycles. The smallest absolute Gasteiger partial charge is 0.0632 e. The van der Waals surface area contributed by atoms with Gasteiger partial charge in [0.05, 0.1) is 5.60 Å². The van der Waals surface area contributed by atoms with Crippen molar-refractivity contribution in [2.45, 2.75) is 25.9 Å². The largest absolute Gasteiger partial charge is 0.390 e. The number of hydrogen-bond acceptors (Lipinski definition) is 2. The first kappa shape index (κ1) is 10.9. The third-order valence-electron chi connectivity index (χ3n) is 2.25. The topological polar surface area (TPSA) is 20.2 Å². The number of hydrogen-bond donors (Lipinski definition) is 1. The Bertz CT molecular complexity index is 482. The van der Waals surface area contributed by atoms with Gasteiger partial charge in [0.25, 0.3) is 0 Å². The number of fused-ring (bicyclic) bond motifs is 1. The standard InChI is InChI=1S/C12H13ClOS/c1-12(2,14)6-8-7-15-10-5-3-4-9(13)11(8)10/h3-5,7,14H,6H2,1-2H3. The predicted octanol–water partition coefficient (Wildman–Crippen LogP) is 3.87. The van der Waals surface area contributed by atoms with Gasteiger partial charge in [-0.05, 0) is 36.9 Å². The molecule has 0 bridgehead atoms. The van der Waals surface area contributed by atoms with E-state index in [2.05, 4.69) is 11.4 Å². The second kappa shape index (κ2) is 3.78. The van der Waals surface area contributed by atoms with Crippen molar-refractivity contribution in [2.24, 2.45) is 0 Å². The van der Waals surface area contributed by atoms with Crippen LogP contribution in [-0.2, 0) is 6.42 Å². The Kier molecular flexibility index (Phi) is 2.75. The molecular weight excluding hydrogens is 228 g/mol. The van der Waals surface area contributed by atoms with Crippen LogP contribution < -0.4 is 0 Å². The van der Waals surface area contributed by atoms with Crippen LogP contribution in [0.25, 0.3) is 10.1 Å². The first-order valence-corrected chi connectivity index (χ1v) is 6.10. The zero-order valence-corrected chi connectivity index (χ0v) is 10.3. The fraction of sp³-hybridized carbons (Fsp3) is 0.333. The molecule has 1 nitrogen and oxygen atoms in total. The zero-order chi connectivity index (χ0) is 11.1. The van der Waals surface area contributed by atoms with Crippen molar-refractivity contribution >= 4 is 33.0 Å². The Balaban J connectivity index is 2.53. The number of rotatable bonds is 2. The summed E-state index contributed by atoms with van der Waals surface area (Å²) in [5.41, 5.74) is 0.445. The van der Waals surface area contributed by atoms with E-state index >= 15 is 0 Å². The van der Waals surface area contributed by atoms with E-state index in [4.69, 9.17) is 11.6 Å². The van der Waals surface area contributed by atoms with E-state index in [0.717, 1.165) is 16.0 Å². The lowest BCUT2D eigenvalue weighted by Crippen LogP contribution is -2.21. The Labute approximate surface area is 98.3 Å². The van der Waals surface area contributed by atoms with Gasteiger partial charge in [-0.3, -0.25) is 0 Å². The second-order valence-corrected chi connectivity index (χ2v) is 5.68. The molecular formula is C12H13ClOS. The van der Waals surface area contributed by atoms with E-state index in [0.29, 0.717) is 6.42 Å². The van der Waals surface area contributed by atoms with Crippen LogP contribution in [0.15, 0.2) is 23.6 Å². The molecule has 80 valence electrons. The van der Waals surface area contributed by atoms with E-state index in [1.165, 1.54) is 4.70 Å². The second-order valence-electron chi connectivity index (χ2n) is 4.36. The van der Waals surface area contributed by atoms with Crippen LogP contribution in [-0.4, -0.2) is 10.7 Å². The van der Waals surface area contributed by atoms with E-state index < -0.39 is 5.60 Å². The molecule has 0 unspecified atom stereocenters. The summed E-state index contributed by atoms with van der Waals surface area (Å²) in [4.78, 5) is 0. The van der Waals surface area contributed by atoms with Gasteiger partial charge in [-0.25, -0.2) is 0 Å². The number of benzene rings is 1. The Morgan fingerprint density at radius 1 is 1.40 bits per heavy atom. The maximum absolute atomic E-state index is 9.80. The molecule has 0 radical (unpaired) electrons. The highest BCUT2D eigenvalue weighted by molar-refractivity contribution is 7.17. The Morgan fingerprint density at radius 3 is 2.80 bits per heavy atom. The molecule has 0 atom stereocenters. The van der Waals surface area contributed by atoms with E-state index in [1.807, 2.05) is 26.0 Å². The molecule has 1 aromatic carbocycles. The van der Waals surface area contributed by atoms with Crippen LogP contribution in [0, 0.1) is 0 Å². The van der Waals surface area contributed by atoms with Gasteiger partial charge in [0.1, 0.15) is 0 Å². The molecule has 2 rings (SSSR count). The van der Waals surface area contributed by atoms with Gasteiger partial charge < -0.3 is 5.11 Å². The van der Waals surface area contributed by atoms with Gasteiger partial charge in [0, 0.05) is 21.5 Å². The van der Waals surface area contributed by atoms with Crippen LogP contribution in [0.2, 0.25) is 5.02 Å². The van der Waals surface area contributed by atoms with Gasteiger partial charge in [-0.15, -0.1) is 11.3 Å². The summed E-state index contributed by atoms with van der Waals surface area (Å²) in [6.07, 6.45) is 0.636. The van der Waals surface area contributed by atoms with E-state index in [1.54, 1.807) is 11.3 Å². The van der Waals surface area contributed by atoms with E-state index in [9.17, 15) is 5.11 Å². The fourth-order valence-electron chi connectivity index (χ4n) is 1.70. The molecule has 1 N–H and O–H groups in total. The van der Waals surface area contributed by atoms with Crippen LogP contribution in [0.5, 0.6) is 0 Å². The first-order valence-electron chi connectivity index (χ1n) is 4.84. The number of thiophene rings is 1. The van der Waals surface area contributed by atoms with Crippen LogP contribution in [0.3, 0.4) is 0 Å². The third kappa shape index (κ3) is 2.33. The van der Waals surface area contributed by atoms with Crippen molar-refractivity contribution < 1.29 is 5.11 Å². The minimum Gasteiger partial charge on any atom is -0.390 e. The quantitative estimate of drug-likeness (QED) is 0.845. The van der Waals surface area contributed by atoms with Crippen molar-refractivity contribution in [3.8, 4) is 0 Å². The van der Waals surface area contributed by atoms with Gasteiger partial charge in [0.2, 0.25) is 0 Å². The number of aliphatic hydroxyl groups is 1. The van der Waals surface area contributed by atoms with Crippen molar-refractivity contribution in [3.05, 3.63) is 34.2 Å². The molecule has 0 aliphatic heterocycles. The summed E-state index contributed by atoms with van der Waals surface area (Å²) in [6, 6.07) is 5.90. The van der Waals surface area contributed by atoms with Gasteiger partial charge in [-0.1, -0.05) is 17.7 Å². The Morgan fingerprint density at radius 2 is 2.13 bits per heavy atom. The average molecular weight is 241 g/mol. The van der Waals surface area contributed by atoms with Crippen molar-refractivity contribution in [1.29, 1.82) is 0 Å². The minimum atomic E-state index is -0.687. The molecule has 2 aromatic rings. The summed E-state index contributed by atoms with van der Waals surface area (Å²) in [6.45, 7) is 3.63. The lowest BCUT2D eigenvalue weighted by atomic mass is 9.98. The van der Waals surface area contributed by atoms with Crippen molar-refractivity contribution in [3.63, 3.8) is 0 Å². The fourth-order valence-corrected chi connectivity index (χ4v) is 3.04. The highest BCUT2D eigenvalue weighted by Crippen LogP contribution is 2.33.